The average molecular weight is 297 g/mol. The van der Waals surface area contributed by atoms with Crippen molar-refractivity contribution in [2.75, 3.05) is 6.54 Å². The van der Waals surface area contributed by atoms with E-state index >= 15 is 0 Å². The van der Waals surface area contributed by atoms with Gasteiger partial charge in [0.2, 0.25) is 0 Å². The minimum Gasteiger partial charge on any atom is -0.466 e. The highest BCUT2D eigenvalue weighted by atomic mass is 16.4. The van der Waals surface area contributed by atoms with Crippen molar-refractivity contribution in [3.63, 3.8) is 0 Å². The van der Waals surface area contributed by atoms with Gasteiger partial charge in [-0.25, -0.2) is 0 Å². The van der Waals surface area contributed by atoms with Gasteiger partial charge < -0.3 is 14.8 Å². The number of hydrogen-bond acceptors (Lipinski definition) is 4. The van der Waals surface area contributed by atoms with E-state index in [9.17, 15) is 5.11 Å². The number of rotatable bonds is 6. The van der Waals surface area contributed by atoms with E-state index in [1.807, 2.05) is 30.3 Å². The van der Waals surface area contributed by atoms with E-state index in [0.717, 1.165) is 16.8 Å². The first-order valence-electron chi connectivity index (χ1n) is 7.21. The van der Waals surface area contributed by atoms with Gasteiger partial charge in [0, 0.05) is 18.7 Å². The maximum Gasteiger partial charge on any atom is 0.136 e. The van der Waals surface area contributed by atoms with E-state index < -0.39 is 5.60 Å². The number of nitrogens with zero attached hydrogens (tertiary/aromatic N) is 1. The molecule has 0 aliphatic carbocycles. The summed E-state index contributed by atoms with van der Waals surface area (Å²) in [5.74, 6) is 0.551. The highest BCUT2D eigenvalue weighted by molar-refractivity contribution is 5.62. The van der Waals surface area contributed by atoms with Gasteiger partial charge in [-0.05, 0) is 24.6 Å². The normalized spacial score (nSPS) is 13.9. The maximum absolute atomic E-state index is 10.4. The summed E-state index contributed by atoms with van der Waals surface area (Å²) < 4.78 is 5.27. The van der Waals surface area contributed by atoms with Gasteiger partial charge in [0.15, 0.2) is 0 Å². The average Bonchev–Trinajstić information content (AvgIpc) is 3.20. The lowest BCUT2D eigenvalue weighted by Crippen LogP contribution is -2.34. The summed E-state index contributed by atoms with van der Waals surface area (Å²) in [5, 5.41) is 20.8. The third-order valence-electron chi connectivity index (χ3n) is 3.62. The molecule has 2 aromatic heterocycles. The quantitative estimate of drug-likeness (QED) is 0.654. The Bertz CT molecular complexity index is 703. The van der Waals surface area contributed by atoms with Crippen LogP contribution in [0, 0.1) is 0 Å². The first-order valence-corrected chi connectivity index (χ1v) is 7.21. The van der Waals surface area contributed by atoms with Gasteiger partial charge in [0.05, 0.1) is 18.2 Å². The molecule has 0 radical (unpaired) electrons. The highest BCUT2D eigenvalue weighted by Gasteiger charge is 2.25. The Morgan fingerprint density at radius 1 is 1.23 bits per heavy atom. The lowest BCUT2D eigenvalue weighted by molar-refractivity contribution is 0.0340. The second kappa shape index (κ2) is 6.17. The van der Waals surface area contributed by atoms with E-state index in [4.69, 9.17) is 4.42 Å². The number of furan rings is 1. The molecular formula is C17H19N3O2. The van der Waals surface area contributed by atoms with Crippen LogP contribution in [-0.2, 0) is 12.1 Å². The molecule has 114 valence electrons. The predicted molar refractivity (Wildman–Crippen MR) is 84.0 cm³/mol. The number of aromatic nitrogens is 2. The Morgan fingerprint density at radius 3 is 2.77 bits per heavy atom. The monoisotopic (exact) mass is 297 g/mol. The molecule has 22 heavy (non-hydrogen) atoms. The molecule has 2 heterocycles. The summed E-state index contributed by atoms with van der Waals surface area (Å²) in [6.07, 6.45) is 3.37. The molecule has 0 spiro atoms. The van der Waals surface area contributed by atoms with Gasteiger partial charge in [-0.1, -0.05) is 30.3 Å². The Hall–Kier alpha value is -2.37. The van der Waals surface area contributed by atoms with E-state index in [1.54, 1.807) is 31.5 Å². The molecule has 0 aliphatic heterocycles. The van der Waals surface area contributed by atoms with Crippen molar-refractivity contribution in [3.8, 4) is 11.3 Å². The molecule has 1 atom stereocenters. The van der Waals surface area contributed by atoms with Gasteiger partial charge in [0.25, 0.3) is 0 Å². The zero-order valence-corrected chi connectivity index (χ0v) is 12.4. The third-order valence-corrected chi connectivity index (χ3v) is 3.62. The molecule has 0 saturated carbocycles. The van der Waals surface area contributed by atoms with Crippen LogP contribution in [0.15, 0.2) is 59.3 Å². The minimum absolute atomic E-state index is 0.389. The van der Waals surface area contributed by atoms with Crippen LogP contribution in [0.1, 0.15) is 18.2 Å². The zero-order valence-electron chi connectivity index (χ0n) is 12.4. The number of aliphatic hydroxyl groups is 1. The molecule has 0 aliphatic rings. The fourth-order valence-corrected chi connectivity index (χ4v) is 2.41. The summed E-state index contributed by atoms with van der Waals surface area (Å²) in [6.45, 7) is 2.73. The van der Waals surface area contributed by atoms with Crippen molar-refractivity contribution in [1.82, 2.24) is 15.5 Å². The fraction of sp³-hybridized carbons (Fsp3) is 0.235. The smallest absolute Gasteiger partial charge is 0.136 e. The van der Waals surface area contributed by atoms with Gasteiger partial charge in [0.1, 0.15) is 11.4 Å². The summed E-state index contributed by atoms with van der Waals surface area (Å²) >= 11 is 0. The van der Waals surface area contributed by atoms with Crippen molar-refractivity contribution < 1.29 is 9.52 Å². The number of nitrogens with one attached hydrogen (secondary N) is 2. The van der Waals surface area contributed by atoms with Crippen LogP contribution >= 0.6 is 0 Å². The molecule has 0 fully saturated rings. The predicted octanol–water partition coefficient (Wildman–Crippen LogP) is 2.67. The van der Waals surface area contributed by atoms with Crippen LogP contribution in [0.4, 0.5) is 0 Å². The molecule has 5 nitrogen and oxygen atoms in total. The molecule has 3 rings (SSSR count). The largest absolute Gasteiger partial charge is 0.466 e. The van der Waals surface area contributed by atoms with Gasteiger partial charge in [-0.3, -0.25) is 5.10 Å². The Labute approximate surface area is 129 Å². The Kier molecular flexibility index (Phi) is 4.09. The summed E-state index contributed by atoms with van der Waals surface area (Å²) in [6, 6.07) is 13.6. The van der Waals surface area contributed by atoms with Crippen LogP contribution in [-0.4, -0.2) is 21.8 Å². The first-order chi connectivity index (χ1) is 10.7. The van der Waals surface area contributed by atoms with Gasteiger partial charge >= 0.3 is 0 Å². The molecule has 0 amide bonds. The first kappa shape index (κ1) is 14.6. The Balaban J connectivity index is 1.65. The van der Waals surface area contributed by atoms with Crippen LogP contribution in [0.3, 0.4) is 0 Å². The number of hydrogen-bond donors (Lipinski definition) is 3. The van der Waals surface area contributed by atoms with Crippen molar-refractivity contribution in [3.05, 3.63) is 66.2 Å². The van der Waals surface area contributed by atoms with Gasteiger partial charge in [-0.2, -0.15) is 5.10 Å². The van der Waals surface area contributed by atoms with Crippen molar-refractivity contribution in [1.29, 1.82) is 0 Å². The van der Waals surface area contributed by atoms with Crippen molar-refractivity contribution >= 4 is 0 Å². The van der Waals surface area contributed by atoms with E-state index in [1.165, 1.54) is 0 Å². The lowest BCUT2D eigenvalue weighted by Gasteiger charge is -2.21. The molecule has 1 aromatic carbocycles. The van der Waals surface area contributed by atoms with E-state index in [-0.39, 0.29) is 0 Å². The molecule has 1 unspecified atom stereocenters. The standard InChI is InChI=1S/C17H19N3O2/c1-17(21,15-8-5-9-22-15)12-18-10-14-11-19-20-16(14)13-6-3-2-4-7-13/h2-9,11,18,21H,10,12H2,1H3,(H,19,20). The molecule has 5 heteroatoms. The van der Waals surface area contributed by atoms with E-state index in [2.05, 4.69) is 15.5 Å². The topological polar surface area (TPSA) is 74.1 Å². The van der Waals surface area contributed by atoms with Crippen LogP contribution in [0.25, 0.3) is 11.3 Å². The molecule has 0 saturated heterocycles. The highest BCUT2D eigenvalue weighted by Crippen LogP contribution is 2.22. The molecule has 3 N–H and O–H groups in total. The number of aromatic amines is 1. The number of benzene rings is 1. The van der Waals surface area contributed by atoms with Crippen molar-refractivity contribution in [2.24, 2.45) is 0 Å². The molecular weight excluding hydrogens is 278 g/mol. The lowest BCUT2D eigenvalue weighted by atomic mass is 10.0. The minimum atomic E-state index is -1.04. The maximum atomic E-state index is 10.4. The summed E-state index contributed by atoms with van der Waals surface area (Å²) in [7, 11) is 0. The van der Waals surface area contributed by atoms with Crippen LogP contribution in [0.5, 0.6) is 0 Å². The van der Waals surface area contributed by atoms with Crippen LogP contribution < -0.4 is 5.32 Å². The summed E-state index contributed by atoms with van der Waals surface area (Å²) in [4.78, 5) is 0. The fourth-order valence-electron chi connectivity index (χ4n) is 2.41. The van der Waals surface area contributed by atoms with Crippen LogP contribution in [0.2, 0.25) is 0 Å². The third kappa shape index (κ3) is 3.10. The number of H-pyrrole nitrogens is 1. The Morgan fingerprint density at radius 2 is 2.05 bits per heavy atom. The molecule has 0 bridgehead atoms. The van der Waals surface area contributed by atoms with Gasteiger partial charge in [-0.15, -0.1) is 0 Å². The molecule has 3 aromatic rings. The van der Waals surface area contributed by atoms with E-state index in [0.29, 0.717) is 18.8 Å². The summed E-state index contributed by atoms with van der Waals surface area (Å²) in [5.41, 5.74) is 2.10. The SMILES string of the molecule is CC(O)(CNCc1cn[nH]c1-c1ccccc1)c1ccco1. The second-order valence-corrected chi connectivity index (χ2v) is 5.49. The zero-order chi connectivity index (χ0) is 15.4. The second-order valence-electron chi connectivity index (χ2n) is 5.49. The van der Waals surface area contributed by atoms with Crippen molar-refractivity contribution in [2.45, 2.75) is 19.1 Å².